The van der Waals surface area contributed by atoms with E-state index in [1.807, 2.05) is 30.3 Å². The summed E-state index contributed by atoms with van der Waals surface area (Å²) in [6.07, 6.45) is -0.395. The van der Waals surface area contributed by atoms with E-state index in [0.717, 1.165) is 0 Å². The molecule has 1 N–H and O–H groups in total. The van der Waals surface area contributed by atoms with Crippen LogP contribution in [0.5, 0.6) is 11.5 Å². The maximum absolute atomic E-state index is 12.6. The standard InChI is InChI=1S/C20H21NO5/c1-13(2)25-20(24)18(21-14(3)22)19(23)15-9-11-17(12-10-15)26-16-7-5-4-6-8-16/h4-13,18H,1-3H3,(H,21,22). The molecule has 2 aromatic rings. The molecule has 0 bridgehead atoms. The number of amides is 1. The van der Waals surface area contributed by atoms with E-state index < -0.39 is 29.8 Å². The molecule has 0 aromatic heterocycles. The Morgan fingerprint density at radius 3 is 2.00 bits per heavy atom. The molecule has 1 amide bonds. The van der Waals surface area contributed by atoms with Gasteiger partial charge >= 0.3 is 5.97 Å². The van der Waals surface area contributed by atoms with E-state index in [9.17, 15) is 14.4 Å². The Labute approximate surface area is 152 Å². The van der Waals surface area contributed by atoms with Crippen molar-refractivity contribution < 1.29 is 23.9 Å². The van der Waals surface area contributed by atoms with Gasteiger partial charge in [-0.1, -0.05) is 18.2 Å². The molecule has 136 valence electrons. The first kappa shape index (κ1) is 19.2. The maximum atomic E-state index is 12.6. The smallest absolute Gasteiger partial charge is 0.337 e. The van der Waals surface area contributed by atoms with Crippen LogP contribution in [0.3, 0.4) is 0 Å². The molecular formula is C20H21NO5. The van der Waals surface area contributed by atoms with Crippen LogP contribution in [0.15, 0.2) is 54.6 Å². The number of hydrogen-bond donors (Lipinski definition) is 1. The van der Waals surface area contributed by atoms with Crippen LogP contribution in [0, 0.1) is 0 Å². The molecular weight excluding hydrogens is 334 g/mol. The third-order valence-corrected chi connectivity index (χ3v) is 3.32. The van der Waals surface area contributed by atoms with Crippen LogP contribution in [-0.2, 0) is 14.3 Å². The second-order valence-corrected chi connectivity index (χ2v) is 5.92. The first-order valence-corrected chi connectivity index (χ1v) is 8.21. The van der Waals surface area contributed by atoms with Crippen molar-refractivity contribution in [2.24, 2.45) is 0 Å². The van der Waals surface area contributed by atoms with Crippen molar-refractivity contribution in [1.82, 2.24) is 5.32 Å². The Morgan fingerprint density at radius 1 is 0.885 bits per heavy atom. The van der Waals surface area contributed by atoms with E-state index in [2.05, 4.69) is 5.32 Å². The van der Waals surface area contributed by atoms with Gasteiger partial charge in [-0.3, -0.25) is 9.59 Å². The molecule has 0 aliphatic heterocycles. The Kier molecular flexibility index (Phi) is 6.49. The molecule has 0 aliphatic rings. The van der Waals surface area contributed by atoms with Crippen LogP contribution in [0.1, 0.15) is 31.1 Å². The molecule has 2 rings (SSSR count). The highest BCUT2D eigenvalue weighted by Gasteiger charge is 2.30. The lowest BCUT2D eigenvalue weighted by atomic mass is 10.0. The molecule has 2 aromatic carbocycles. The summed E-state index contributed by atoms with van der Waals surface area (Å²) in [5.74, 6) is -0.605. The zero-order chi connectivity index (χ0) is 19.1. The fourth-order valence-corrected chi connectivity index (χ4v) is 2.21. The molecule has 0 aliphatic carbocycles. The van der Waals surface area contributed by atoms with Crippen LogP contribution < -0.4 is 10.1 Å². The van der Waals surface area contributed by atoms with E-state index in [0.29, 0.717) is 11.5 Å². The van der Waals surface area contributed by atoms with E-state index in [1.165, 1.54) is 19.1 Å². The monoisotopic (exact) mass is 355 g/mol. The minimum Gasteiger partial charge on any atom is -0.461 e. The SMILES string of the molecule is CC(=O)NC(C(=O)OC(C)C)C(=O)c1ccc(Oc2ccccc2)cc1. The van der Waals surface area contributed by atoms with Crippen molar-refractivity contribution in [1.29, 1.82) is 0 Å². The van der Waals surface area contributed by atoms with E-state index in [4.69, 9.17) is 9.47 Å². The number of benzene rings is 2. The number of nitrogens with one attached hydrogen (secondary N) is 1. The summed E-state index contributed by atoms with van der Waals surface area (Å²) >= 11 is 0. The van der Waals surface area contributed by atoms with Gasteiger partial charge in [-0.2, -0.15) is 0 Å². The highest BCUT2D eigenvalue weighted by Crippen LogP contribution is 2.21. The number of para-hydroxylation sites is 1. The average molecular weight is 355 g/mol. The zero-order valence-corrected chi connectivity index (χ0v) is 14.9. The van der Waals surface area contributed by atoms with Crippen molar-refractivity contribution >= 4 is 17.7 Å². The molecule has 0 saturated heterocycles. The molecule has 1 atom stereocenters. The van der Waals surface area contributed by atoms with Crippen LogP contribution >= 0.6 is 0 Å². The minimum absolute atomic E-state index is 0.268. The summed E-state index contributed by atoms with van der Waals surface area (Å²) in [4.78, 5) is 36.1. The Morgan fingerprint density at radius 2 is 1.46 bits per heavy atom. The van der Waals surface area contributed by atoms with Crippen LogP contribution in [0.25, 0.3) is 0 Å². The number of ether oxygens (including phenoxy) is 2. The first-order valence-electron chi connectivity index (χ1n) is 8.21. The quantitative estimate of drug-likeness (QED) is 0.469. The normalized spacial score (nSPS) is 11.5. The Hall–Kier alpha value is -3.15. The molecule has 0 heterocycles. The molecule has 1 unspecified atom stereocenters. The number of esters is 1. The molecule has 26 heavy (non-hydrogen) atoms. The third-order valence-electron chi connectivity index (χ3n) is 3.32. The number of Topliss-reactive ketones (excluding diaryl/α,β-unsaturated/α-hetero) is 1. The van der Waals surface area contributed by atoms with Crippen LogP contribution in [0.4, 0.5) is 0 Å². The number of hydrogen-bond acceptors (Lipinski definition) is 5. The van der Waals surface area contributed by atoms with E-state index in [-0.39, 0.29) is 5.56 Å². The predicted octanol–water partition coefficient (Wildman–Crippen LogP) is 3.12. The average Bonchev–Trinajstić information content (AvgIpc) is 2.60. The summed E-state index contributed by atoms with van der Waals surface area (Å²) in [6.45, 7) is 4.57. The topological polar surface area (TPSA) is 81.7 Å². The van der Waals surface area contributed by atoms with Crippen molar-refractivity contribution in [2.45, 2.75) is 32.9 Å². The van der Waals surface area contributed by atoms with Gasteiger partial charge in [-0.15, -0.1) is 0 Å². The van der Waals surface area contributed by atoms with Crippen molar-refractivity contribution in [3.8, 4) is 11.5 Å². The van der Waals surface area contributed by atoms with Crippen LogP contribution in [-0.4, -0.2) is 29.8 Å². The summed E-state index contributed by atoms with van der Waals surface area (Å²) in [5.41, 5.74) is 0.268. The van der Waals surface area contributed by atoms with Gasteiger partial charge in [-0.25, -0.2) is 4.79 Å². The Bertz CT molecular complexity index is 769. The zero-order valence-electron chi connectivity index (χ0n) is 14.9. The lowest BCUT2D eigenvalue weighted by Gasteiger charge is -2.17. The van der Waals surface area contributed by atoms with Gasteiger partial charge in [0.2, 0.25) is 5.91 Å². The second-order valence-electron chi connectivity index (χ2n) is 5.92. The summed E-state index contributed by atoms with van der Waals surface area (Å²) in [6, 6.07) is 14.2. The number of rotatable bonds is 7. The van der Waals surface area contributed by atoms with Crippen LogP contribution in [0.2, 0.25) is 0 Å². The van der Waals surface area contributed by atoms with Crippen molar-refractivity contribution in [3.05, 3.63) is 60.2 Å². The van der Waals surface area contributed by atoms with Gasteiger partial charge in [-0.05, 0) is 50.2 Å². The molecule has 0 saturated carbocycles. The lowest BCUT2D eigenvalue weighted by Crippen LogP contribution is -2.47. The molecule has 6 heteroatoms. The van der Waals surface area contributed by atoms with Crippen molar-refractivity contribution in [2.75, 3.05) is 0 Å². The first-order chi connectivity index (χ1) is 12.4. The van der Waals surface area contributed by atoms with Gasteiger partial charge in [0, 0.05) is 12.5 Å². The maximum Gasteiger partial charge on any atom is 0.337 e. The van der Waals surface area contributed by atoms with Crippen molar-refractivity contribution in [3.63, 3.8) is 0 Å². The summed E-state index contributed by atoms with van der Waals surface area (Å²) in [7, 11) is 0. The number of ketones is 1. The van der Waals surface area contributed by atoms with Gasteiger partial charge in [0.25, 0.3) is 0 Å². The molecule has 6 nitrogen and oxygen atoms in total. The van der Waals surface area contributed by atoms with Gasteiger partial charge in [0.05, 0.1) is 6.10 Å². The third kappa shape index (κ3) is 5.44. The van der Waals surface area contributed by atoms with Gasteiger partial charge in [0.15, 0.2) is 11.8 Å². The summed E-state index contributed by atoms with van der Waals surface area (Å²) < 4.78 is 10.7. The minimum atomic E-state index is -1.38. The summed E-state index contributed by atoms with van der Waals surface area (Å²) in [5, 5.41) is 2.34. The van der Waals surface area contributed by atoms with E-state index >= 15 is 0 Å². The second kappa shape index (κ2) is 8.80. The highest BCUT2D eigenvalue weighted by molar-refractivity contribution is 6.13. The number of carbonyl (C=O) groups is 3. The highest BCUT2D eigenvalue weighted by atomic mass is 16.5. The molecule has 0 fully saturated rings. The van der Waals surface area contributed by atoms with E-state index in [1.54, 1.807) is 26.0 Å². The van der Waals surface area contributed by atoms with Gasteiger partial charge in [0.1, 0.15) is 11.5 Å². The van der Waals surface area contributed by atoms with Gasteiger partial charge < -0.3 is 14.8 Å². The molecule has 0 radical (unpaired) electrons. The number of carbonyl (C=O) groups excluding carboxylic acids is 3. The predicted molar refractivity (Wildman–Crippen MR) is 96.1 cm³/mol. The molecule has 0 spiro atoms. The Balaban J connectivity index is 2.14. The fourth-order valence-electron chi connectivity index (χ4n) is 2.21. The fraction of sp³-hybridized carbons (Fsp3) is 0.250. The lowest BCUT2D eigenvalue weighted by molar-refractivity contribution is -0.149. The largest absolute Gasteiger partial charge is 0.461 e.